The van der Waals surface area contributed by atoms with Crippen LogP contribution in [0, 0.1) is 0 Å². The first-order valence-corrected chi connectivity index (χ1v) is 11.6. The Bertz CT molecular complexity index is 567. The second-order valence-corrected chi connectivity index (χ2v) is 7.76. The number of methoxy groups -OCH3 is 1. The van der Waals surface area contributed by atoms with Crippen LogP contribution in [0.4, 0.5) is 0 Å². The number of rotatable bonds is 18. The minimum absolute atomic E-state index is 0.0647. The van der Waals surface area contributed by atoms with Crippen LogP contribution in [0.1, 0.15) is 96.0 Å². The van der Waals surface area contributed by atoms with E-state index >= 15 is 0 Å². The average molecular weight is 421 g/mol. The molecule has 0 N–H and O–H groups in total. The van der Waals surface area contributed by atoms with E-state index in [2.05, 4.69) is 6.92 Å². The van der Waals surface area contributed by atoms with Crippen molar-refractivity contribution < 1.29 is 23.8 Å². The van der Waals surface area contributed by atoms with Crippen LogP contribution in [0.2, 0.25) is 0 Å². The maximum atomic E-state index is 11.8. The van der Waals surface area contributed by atoms with Gasteiger partial charge in [0.25, 0.3) is 0 Å². The van der Waals surface area contributed by atoms with Crippen molar-refractivity contribution in [1.29, 1.82) is 0 Å². The lowest BCUT2D eigenvalue weighted by Gasteiger charge is -2.06. The van der Waals surface area contributed by atoms with Gasteiger partial charge in [-0.3, -0.25) is 9.59 Å². The zero-order valence-corrected chi connectivity index (χ0v) is 19.0. The molecule has 1 rings (SSSR count). The largest absolute Gasteiger partial charge is 0.497 e. The van der Waals surface area contributed by atoms with E-state index in [0.29, 0.717) is 26.1 Å². The lowest BCUT2D eigenvalue weighted by molar-refractivity contribution is -0.145. The minimum Gasteiger partial charge on any atom is -0.497 e. The first kappa shape index (κ1) is 26.0. The van der Waals surface area contributed by atoms with Crippen molar-refractivity contribution in [1.82, 2.24) is 0 Å². The van der Waals surface area contributed by atoms with Gasteiger partial charge in [0.1, 0.15) is 12.4 Å². The van der Waals surface area contributed by atoms with E-state index in [1.54, 1.807) is 7.11 Å². The highest BCUT2D eigenvalue weighted by molar-refractivity contribution is 5.69. The summed E-state index contributed by atoms with van der Waals surface area (Å²) in [6.45, 7) is 3.06. The van der Waals surface area contributed by atoms with Crippen LogP contribution in [-0.4, -0.2) is 25.7 Å². The molecule has 0 saturated carbocycles. The van der Waals surface area contributed by atoms with Gasteiger partial charge in [-0.05, 0) is 37.0 Å². The maximum Gasteiger partial charge on any atom is 0.306 e. The maximum absolute atomic E-state index is 11.8. The lowest BCUT2D eigenvalue weighted by Crippen LogP contribution is -2.05. The predicted molar refractivity (Wildman–Crippen MR) is 119 cm³/mol. The first-order valence-electron chi connectivity index (χ1n) is 11.6. The van der Waals surface area contributed by atoms with Crippen molar-refractivity contribution >= 4 is 11.9 Å². The molecule has 170 valence electrons. The molecule has 0 aliphatic carbocycles. The van der Waals surface area contributed by atoms with Gasteiger partial charge in [0.2, 0.25) is 0 Å². The summed E-state index contributed by atoms with van der Waals surface area (Å²) in [6, 6.07) is 7.51. The van der Waals surface area contributed by atoms with E-state index in [-0.39, 0.29) is 11.9 Å². The molecule has 0 aliphatic rings. The van der Waals surface area contributed by atoms with Crippen LogP contribution in [0.25, 0.3) is 0 Å². The van der Waals surface area contributed by atoms with E-state index in [0.717, 1.165) is 62.7 Å². The SMILES string of the molecule is CCCCCCCOC(=O)CCCCCCCCC(=O)OCc1ccc(OC)cc1. The van der Waals surface area contributed by atoms with Crippen molar-refractivity contribution in [2.24, 2.45) is 0 Å². The Balaban J connectivity index is 1.89. The molecule has 1 aromatic carbocycles. The van der Waals surface area contributed by atoms with Gasteiger partial charge in [0.15, 0.2) is 0 Å². The monoisotopic (exact) mass is 420 g/mol. The summed E-state index contributed by atoms with van der Waals surface area (Å²) in [5.41, 5.74) is 0.958. The molecule has 0 unspecified atom stereocenters. The number of hydrogen-bond donors (Lipinski definition) is 0. The molecule has 0 spiro atoms. The molecular weight excluding hydrogens is 380 g/mol. The fourth-order valence-corrected chi connectivity index (χ4v) is 3.17. The van der Waals surface area contributed by atoms with E-state index in [4.69, 9.17) is 14.2 Å². The fraction of sp³-hybridized carbons (Fsp3) is 0.680. The summed E-state index contributed by atoms with van der Waals surface area (Å²) >= 11 is 0. The van der Waals surface area contributed by atoms with Crippen LogP contribution in [0.5, 0.6) is 5.75 Å². The molecule has 0 heterocycles. The second-order valence-electron chi connectivity index (χ2n) is 7.76. The highest BCUT2D eigenvalue weighted by Gasteiger charge is 2.05. The van der Waals surface area contributed by atoms with Crippen molar-refractivity contribution in [3.05, 3.63) is 29.8 Å². The van der Waals surface area contributed by atoms with Gasteiger partial charge in [-0.2, -0.15) is 0 Å². The van der Waals surface area contributed by atoms with Crippen molar-refractivity contribution in [2.45, 2.75) is 97.0 Å². The zero-order valence-electron chi connectivity index (χ0n) is 19.0. The Hall–Kier alpha value is -2.04. The molecule has 0 amide bonds. The van der Waals surface area contributed by atoms with E-state index in [1.807, 2.05) is 24.3 Å². The summed E-state index contributed by atoms with van der Waals surface area (Å²) in [4.78, 5) is 23.5. The fourth-order valence-electron chi connectivity index (χ4n) is 3.17. The summed E-state index contributed by atoms with van der Waals surface area (Å²) in [7, 11) is 1.63. The van der Waals surface area contributed by atoms with E-state index in [9.17, 15) is 9.59 Å². The van der Waals surface area contributed by atoms with Crippen LogP contribution in [-0.2, 0) is 25.7 Å². The molecule has 0 radical (unpaired) electrons. The number of hydrogen-bond acceptors (Lipinski definition) is 5. The number of esters is 2. The van der Waals surface area contributed by atoms with Crippen LogP contribution in [0.3, 0.4) is 0 Å². The Kier molecular flexibility index (Phi) is 15.4. The van der Waals surface area contributed by atoms with Crippen molar-refractivity contribution in [3.8, 4) is 5.75 Å². The molecule has 0 saturated heterocycles. The quantitative estimate of drug-likeness (QED) is 0.204. The molecule has 0 fully saturated rings. The topological polar surface area (TPSA) is 61.8 Å². The average Bonchev–Trinajstić information content (AvgIpc) is 2.76. The predicted octanol–water partition coefficient (Wildman–Crippen LogP) is 6.37. The Labute approximate surface area is 182 Å². The van der Waals surface area contributed by atoms with Gasteiger partial charge < -0.3 is 14.2 Å². The van der Waals surface area contributed by atoms with Gasteiger partial charge in [-0.25, -0.2) is 0 Å². The summed E-state index contributed by atoms with van der Waals surface area (Å²) in [5.74, 6) is 0.577. The zero-order chi connectivity index (χ0) is 21.9. The van der Waals surface area contributed by atoms with E-state index in [1.165, 1.54) is 19.3 Å². The first-order chi connectivity index (χ1) is 14.7. The molecule has 0 bridgehead atoms. The molecule has 5 heteroatoms. The summed E-state index contributed by atoms with van der Waals surface area (Å²) in [5, 5.41) is 0. The third-order valence-electron chi connectivity index (χ3n) is 5.08. The lowest BCUT2D eigenvalue weighted by atomic mass is 10.1. The molecular formula is C25H40O5. The van der Waals surface area contributed by atoms with Crippen molar-refractivity contribution in [3.63, 3.8) is 0 Å². The van der Waals surface area contributed by atoms with Gasteiger partial charge in [-0.1, -0.05) is 70.4 Å². The number of carbonyl (C=O) groups excluding carboxylic acids is 2. The van der Waals surface area contributed by atoms with Gasteiger partial charge in [-0.15, -0.1) is 0 Å². The molecule has 1 aromatic rings. The van der Waals surface area contributed by atoms with Crippen LogP contribution < -0.4 is 4.74 Å². The van der Waals surface area contributed by atoms with Gasteiger partial charge in [0, 0.05) is 12.8 Å². The standard InChI is InChI=1S/C25H40O5/c1-3-4-5-10-13-20-29-24(26)14-11-8-6-7-9-12-15-25(27)30-21-22-16-18-23(28-2)19-17-22/h16-19H,3-15,20-21H2,1-2H3. The summed E-state index contributed by atoms with van der Waals surface area (Å²) < 4.78 is 15.7. The molecule has 30 heavy (non-hydrogen) atoms. The number of benzene rings is 1. The van der Waals surface area contributed by atoms with Crippen LogP contribution in [0.15, 0.2) is 24.3 Å². The van der Waals surface area contributed by atoms with Crippen LogP contribution >= 0.6 is 0 Å². The minimum atomic E-state index is -0.150. The van der Waals surface area contributed by atoms with Gasteiger partial charge >= 0.3 is 11.9 Å². The Morgan fingerprint density at radius 2 is 1.23 bits per heavy atom. The van der Waals surface area contributed by atoms with Gasteiger partial charge in [0.05, 0.1) is 13.7 Å². The smallest absolute Gasteiger partial charge is 0.306 e. The van der Waals surface area contributed by atoms with Crippen molar-refractivity contribution in [2.75, 3.05) is 13.7 Å². The third-order valence-corrected chi connectivity index (χ3v) is 5.08. The number of carbonyl (C=O) groups is 2. The Morgan fingerprint density at radius 1 is 0.700 bits per heavy atom. The Morgan fingerprint density at radius 3 is 1.83 bits per heavy atom. The van der Waals surface area contributed by atoms with E-state index < -0.39 is 0 Å². The number of unbranched alkanes of at least 4 members (excludes halogenated alkanes) is 9. The molecule has 0 atom stereocenters. The summed E-state index contributed by atoms with van der Waals surface area (Å²) in [6.07, 6.45) is 12.8. The third kappa shape index (κ3) is 14.0. The highest BCUT2D eigenvalue weighted by atomic mass is 16.5. The highest BCUT2D eigenvalue weighted by Crippen LogP contribution is 2.13. The molecule has 0 aliphatic heterocycles. The second kappa shape index (κ2) is 17.8. The number of ether oxygens (including phenoxy) is 3. The molecule has 0 aromatic heterocycles. The normalized spacial score (nSPS) is 10.6. The molecule has 5 nitrogen and oxygen atoms in total.